The van der Waals surface area contributed by atoms with Crippen LogP contribution in [0.4, 0.5) is 10.1 Å². The predicted molar refractivity (Wildman–Crippen MR) is 72.8 cm³/mol. The van der Waals surface area contributed by atoms with Gasteiger partial charge >= 0.3 is 0 Å². The second-order valence-electron chi connectivity index (χ2n) is 4.11. The summed E-state index contributed by atoms with van der Waals surface area (Å²) in [6.07, 6.45) is 1.67. The molecule has 0 unspecified atom stereocenters. The van der Waals surface area contributed by atoms with Gasteiger partial charge in [-0.15, -0.1) is 5.10 Å². The van der Waals surface area contributed by atoms with Crippen LogP contribution in [0.15, 0.2) is 24.4 Å². The highest BCUT2D eigenvalue weighted by Gasteiger charge is 2.09. The Morgan fingerprint density at radius 2 is 2.30 bits per heavy atom. The van der Waals surface area contributed by atoms with Crippen molar-refractivity contribution in [3.05, 3.63) is 40.9 Å². The Labute approximate surface area is 119 Å². The third kappa shape index (κ3) is 3.75. The van der Waals surface area contributed by atoms with Crippen LogP contribution in [0.2, 0.25) is 5.02 Å². The quantitative estimate of drug-likeness (QED) is 0.876. The van der Waals surface area contributed by atoms with E-state index in [1.807, 2.05) is 0 Å². The minimum atomic E-state index is -0.457. The maximum absolute atomic E-state index is 12.9. The Bertz CT molecular complexity index is 616. The molecule has 0 aliphatic rings. The van der Waals surface area contributed by atoms with Crippen LogP contribution in [0.25, 0.3) is 0 Å². The molecule has 0 atom stereocenters. The third-order valence-electron chi connectivity index (χ3n) is 2.45. The molecule has 2 rings (SSSR count). The molecule has 1 aromatic carbocycles. The minimum Gasteiger partial charge on any atom is -0.323 e. The first-order valence-corrected chi connectivity index (χ1v) is 6.25. The maximum Gasteiger partial charge on any atom is 0.246 e. The number of nitrogens with zero attached hydrogens (tertiary/aromatic N) is 3. The zero-order valence-electron chi connectivity index (χ0n) is 10.7. The monoisotopic (exact) mass is 297 g/mol. The molecule has 0 bridgehead atoms. The van der Waals surface area contributed by atoms with Crippen molar-refractivity contribution < 1.29 is 9.18 Å². The van der Waals surface area contributed by atoms with Crippen molar-refractivity contribution in [1.29, 1.82) is 0 Å². The summed E-state index contributed by atoms with van der Waals surface area (Å²) in [4.78, 5) is 11.8. The van der Waals surface area contributed by atoms with Crippen molar-refractivity contribution in [2.45, 2.75) is 13.1 Å². The summed E-state index contributed by atoms with van der Waals surface area (Å²) in [5.74, 6) is -0.777. The van der Waals surface area contributed by atoms with Crippen molar-refractivity contribution in [2.24, 2.45) is 0 Å². The van der Waals surface area contributed by atoms with Crippen LogP contribution >= 0.6 is 11.6 Å². The van der Waals surface area contributed by atoms with Gasteiger partial charge in [-0.3, -0.25) is 4.79 Å². The largest absolute Gasteiger partial charge is 0.323 e. The maximum atomic E-state index is 12.9. The first-order valence-electron chi connectivity index (χ1n) is 5.87. The molecule has 0 saturated carbocycles. The molecule has 1 amide bonds. The van der Waals surface area contributed by atoms with E-state index in [1.54, 1.807) is 13.2 Å². The van der Waals surface area contributed by atoms with Crippen LogP contribution in [-0.2, 0) is 17.9 Å². The van der Waals surface area contributed by atoms with Crippen molar-refractivity contribution in [3.63, 3.8) is 0 Å². The molecule has 1 aromatic heterocycles. The fraction of sp³-hybridized carbons (Fsp3) is 0.250. The van der Waals surface area contributed by atoms with Crippen molar-refractivity contribution in [1.82, 2.24) is 20.3 Å². The fourth-order valence-corrected chi connectivity index (χ4v) is 1.82. The standard InChI is InChI=1S/C12H13ClFN5O/c1-15-5-9-6-19(18-17-9)7-12(20)16-11-3-2-8(14)4-10(11)13/h2-4,6,15H,5,7H2,1H3,(H,16,20). The van der Waals surface area contributed by atoms with Gasteiger partial charge in [-0.25, -0.2) is 9.07 Å². The Hall–Kier alpha value is -1.99. The molecule has 106 valence electrons. The summed E-state index contributed by atoms with van der Waals surface area (Å²) in [7, 11) is 1.79. The number of aromatic nitrogens is 3. The SMILES string of the molecule is CNCc1cn(CC(=O)Nc2ccc(F)cc2Cl)nn1. The van der Waals surface area contributed by atoms with Crippen LogP contribution in [0.3, 0.4) is 0 Å². The molecule has 6 nitrogen and oxygen atoms in total. The van der Waals surface area contributed by atoms with E-state index < -0.39 is 5.82 Å². The van der Waals surface area contributed by atoms with Gasteiger partial charge in [0.05, 0.1) is 22.6 Å². The van der Waals surface area contributed by atoms with Crippen molar-refractivity contribution in [2.75, 3.05) is 12.4 Å². The first-order chi connectivity index (χ1) is 9.58. The average Bonchev–Trinajstić information content (AvgIpc) is 2.81. The zero-order valence-corrected chi connectivity index (χ0v) is 11.5. The number of hydrogen-bond donors (Lipinski definition) is 2. The summed E-state index contributed by atoms with van der Waals surface area (Å²) in [6.45, 7) is 0.579. The van der Waals surface area contributed by atoms with E-state index in [2.05, 4.69) is 20.9 Å². The van der Waals surface area contributed by atoms with Crippen LogP contribution in [0.5, 0.6) is 0 Å². The summed E-state index contributed by atoms with van der Waals surface area (Å²) in [5, 5.41) is 13.4. The number of carbonyl (C=O) groups is 1. The average molecular weight is 298 g/mol. The lowest BCUT2D eigenvalue weighted by molar-refractivity contribution is -0.116. The lowest BCUT2D eigenvalue weighted by Crippen LogP contribution is -2.19. The molecule has 8 heteroatoms. The number of hydrogen-bond acceptors (Lipinski definition) is 4. The van der Waals surface area contributed by atoms with E-state index in [0.717, 1.165) is 11.8 Å². The molecule has 0 fully saturated rings. The molecule has 20 heavy (non-hydrogen) atoms. The highest BCUT2D eigenvalue weighted by Crippen LogP contribution is 2.22. The van der Waals surface area contributed by atoms with Gasteiger partial charge in [0.1, 0.15) is 12.4 Å². The van der Waals surface area contributed by atoms with Crippen molar-refractivity contribution >= 4 is 23.2 Å². The van der Waals surface area contributed by atoms with Gasteiger partial charge in [0.2, 0.25) is 5.91 Å². The highest BCUT2D eigenvalue weighted by molar-refractivity contribution is 6.33. The van der Waals surface area contributed by atoms with E-state index in [1.165, 1.54) is 16.8 Å². The smallest absolute Gasteiger partial charge is 0.246 e. The summed E-state index contributed by atoms with van der Waals surface area (Å²) < 4.78 is 14.3. The fourth-order valence-electron chi connectivity index (χ4n) is 1.61. The highest BCUT2D eigenvalue weighted by atomic mass is 35.5. The number of carbonyl (C=O) groups excluding carboxylic acids is 1. The van der Waals surface area contributed by atoms with Crippen LogP contribution in [0, 0.1) is 5.82 Å². The van der Waals surface area contributed by atoms with E-state index in [9.17, 15) is 9.18 Å². The molecule has 0 saturated heterocycles. The molecule has 0 aliphatic carbocycles. The number of halogens is 2. The molecule has 2 N–H and O–H groups in total. The molecular formula is C12H13ClFN5O. The predicted octanol–water partition coefficient (Wildman–Crippen LogP) is 1.43. The number of nitrogens with one attached hydrogen (secondary N) is 2. The third-order valence-corrected chi connectivity index (χ3v) is 2.77. The van der Waals surface area contributed by atoms with Crippen LogP contribution in [0.1, 0.15) is 5.69 Å². The Morgan fingerprint density at radius 3 is 3.00 bits per heavy atom. The van der Waals surface area contributed by atoms with Crippen LogP contribution < -0.4 is 10.6 Å². The number of rotatable bonds is 5. The Balaban J connectivity index is 1.97. The van der Waals surface area contributed by atoms with E-state index in [0.29, 0.717) is 12.2 Å². The summed E-state index contributed by atoms with van der Waals surface area (Å²) in [5.41, 5.74) is 1.09. The minimum absolute atomic E-state index is 0.00438. The van der Waals surface area contributed by atoms with Gasteiger partial charge < -0.3 is 10.6 Å². The van der Waals surface area contributed by atoms with Gasteiger partial charge in [-0.1, -0.05) is 16.8 Å². The molecular weight excluding hydrogens is 285 g/mol. The molecule has 0 spiro atoms. The van der Waals surface area contributed by atoms with Crippen molar-refractivity contribution in [3.8, 4) is 0 Å². The van der Waals surface area contributed by atoms with Gasteiger partial charge in [-0.05, 0) is 25.2 Å². The van der Waals surface area contributed by atoms with Gasteiger partial charge in [-0.2, -0.15) is 0 Å². The first kappa shape index (κ1) is 14.4. The van der Waals surface area contributed by atoms with E-state index in [-0.39, 0.29) is 17.5 Å². The lowest BCUT2D eigenvalue weighted by atomic mass is 10.3. The van der Waals surface area contributed by atoms with E-state index in [4.69, 9.17) is 11.6 Å². The Kier molecular flexibility index (Phi) is 4.65. The van der Waals surface area contributed by atoms with E-state index >= 15 is 0 Å². The van der Waals surface area contributed by atoms with Gasteiger partial charge in [0.15, 0.2) is 0 Å². The number of amides is 1. The number of anilines is 1. The second kappa shape index (κ2) is 6.44. The molecule has 0 radical (unpaired) electrons. The summed E-state index contributed by atoms with van der Waals surface area (Å²) >= 11 is 5.82. The second-order valence-corrected chi connectivity index (χ2v) is 4.52. The molecule has 2 aromatic rings. The number of benzene rings is 1. The Morgan fingerprint density at radius 1 is 1.50 bits per heavy atom. The zero-order chi connectivity index (χ0) is 14.5. The lowest BCUT2D eigenvalue weighted by Gasteiger charge is -2.06. The van der Waals surface area contributed by atoms with Crippen LogP contribution in [-0.4, -0.2) is 27.9 Å². The van der Waals surface area contributed by atoms with Gasteiger partial charge in [0, 0.05) is 6.54 Å². The normalized spacial score (nSPS) is 10.6. The van der Waals surface area contributed by atoms with Gasteiger partial charge in [0.25, 0.3) is 0 Å². The molecule has 0 aliphatic heterocycles. The summed E-state index contributed by atoms with van der Waals surface area (Å²) in [6, 6.07) is 3.77. The topological polar surface area (TPSA) is 71.8 Å². The molecule has 1 heterocycles.